The number of nitrogens with zero attached hydrogens (tertiary/aromatic N) is 1. The zero-order valence-electron chi connectivity index (χ0n) is 12.5. The molecule has 110 valence electrons. The molecule has 0 bridgehead atoms. The van der Waals surface area contributed by atoms with Crippen LogP contribution in [0.2, 0.25) is 0 Å². The van der Waals surface area contributed by atoms with Gasteiger partial charge in [0.1, 0.15) is 0 Å². The van der Waals surface area contributed by atoms with Gasteiger partial charge in [-0.2, -0.15) is 0 Å². The van der Waals surface area contributed by atoms with Gasteiger partial charge in [0, 0.05) is 16.9 Å². The molecule has 1 atom stereocenters. The van der Waals surface area contributed by atoms with Crippen molar-refractivity contribution in [3.63, 3.8) is 0 Å². The summed E-state index contributed by atoms with van der Waals surface area (Å²) in [5, 5.41) is 1.08. The highest BCUT2D eigenvalue weighted by molar-refractivity contribution is 5.86. The smallest absolute Gasteiger partial charge is 0.220 e. The Hall–Kier alpha value is -2.68. The molecule has 0 saturated heterocycles. The van der Waals surface area contributed by atoms with Crippen molar-refractivity contribution in [3.8, 4) is 11.3 Å². The molecule has 2 N–H and O–H groups in total. The fraction of sp³-hybridized carbons (Fsp3) is 0.158. The summed E-state index contributed by atoms with van der Waals surface area (Å²) < 4.78 is 0. The molecule has 0 spiro atoms. The third-order valence-corrected chi connectivity index (χ3v) is 3.88. The maximum Gasteiger partial charge on any atom is 0.220 e. The fourth-order valence-electron chi connectivity index (χ4n) is 2.60. The molecule has 1 unspecified atom stereocenters. The van der Waals surface area contributed by atoms with E-state index < -0.39 is 0 Å². The second-order valence-electron chi connectivity index (χ2n) is 5.56. The van der Waals surface area contributed by atoms with Gasteiger partial charge < -0.3 is 5.73 Å². The molecule has 3 aromatic rings. The molecule has 3 rings (SSSR count). The Morgan fingerprint density at radius 2 is 1.77 bits per heavy atom. The molecule has 0 saturated carbocycles. The van der Waals surface area contributed by atoms with E-state index in [2.05, 4.69) is 6.07 Å². The van der Waals surface area contributed by atoms with Gasteiger partial charge >= 0.3 is 0 Å². The van der Waals surface area contributed by atoms with Gasteiger partial charge in [-0.1, -0.05) is 55.5 Å². The number of aromatic nitrogens is 1. The molecular weight excluding hydrogens is 272 g/mol. The van der Waals surface area contributed by atoms with E-state index in [-0.39, 0.29) is 11.8 Å². The first-order valence-electron chi connectivity index (χ1n) is 7.38. The van der Waals surface area contributed by atoms with E-state index in [1.54, 1.807) is 0 Å². The highest BCUT2D eigenvalue weighted by atomic mass is 16.1. The average Bonchev–Trinajstić information content (AvgIpc) is 2.55. The van der Waals surface area contributed by atoms with Gasteiger partial charge in [-0.15, -0.1) is 0 Å². The lowest BCUT2D eigenvalue weighted by Gasteiger charge is -2.12. The number of carbonyl (C=O) groups is 1. The summed E-state index contributed by atoms with van der Waals surface area (Å²) in [7, 11) is 0. The standard InChI is InChI=1S/C19H18N2O/c1-13(19(20)22)11-15-12-18(14-7-3-2-4-8-14)21-17-10-6-5-9-16(15)17/h2-10,12-13H,11H2,1H3,(H2,20,22). The van der Waals surface area contributed by atoms with E-state index in [0.717, 1.165) is 27.7 Å². The van der Waals surface area contributed by atoms with Gasteiger partial charge in [-0.3, -0.25) is 4.79 Å². The predicted molar refractivity (Wildman–Crippen MR) is 89.2 cm³/mol. The molecule has 2 aromatic carbocycles. The lowest BCUT2D eigenvalue weighted by molar-refractivity contribution is -0.121. The molecule has 3 heteroatoms. The number of hydrogen-bond acceptors (Lipinski definition) is 2. The molecule has 3 nitrogen and oxygen atoms in total. The van der Waals surface area contributed by atoms with Crippen LogP contribution in [-0.4, -0.2) is 10.9 Å². The summed E-state index contributed by atoms with van der Waals surface area (Å²) in [5.41, 5.74) is 9.46. The largest absolute Gasteiger partial charge is 0.369 e. The van der Waals surface area contributed by atoms with E-state index in [9.17, 15) is 4.79 Å². The minimum Gasteiger partial charge on any atom is -0.369 e. The van der Waals surface area contributed by atoms with Crippen LogP contribution in [0.4, 0.5) is 0 Å². The summed E-state index contributed by atoms with van der Waals surface area (Å²) in [6.45, 7) is 1.86. The van der Waals surface area contributed by atoms with Crippen molar-refractivity contribution in [1.82, 2.24) is 4.98 Å². The van der Waals surface area contributed by atoms with Crippen molar-refractivity contribution in [2.45, 2.75) is 13.3 Å². The van der Waals surface area contributed by atoms with Crippen LogP contribution in [0.5, 0.6) is 0 Å². The Morgan fingerprint density at radius 1 is 1.09 bits per heavy atom. The first kappa shape index (κ1) is 14.3. The van der Waals surface area contributed by atoms with Crippen LogP contribution >= 0.6 is 0 Å². The molecule has 0 aliphatic heterocycles. The first-order chi connectivity index (χ1) is 10.6. The molecule has 1 aromatic heterocycles. The molecule has 1 amide bonds. The van der Waals surface area contributed by atoms with Crippen molar-refractivity contribution in [1.29, 1.82) is 0 Å². The summed E-state index contributed by atoms with van der Waals surface area (Å²) in [6, 6.07) is 20.1. The van der Waals surface area contributed by atoms with Crippen molar-refractivity contribution in [2.75, 3.05) is 0 Å². The van der Waals surface area contributed by atoms with Crippen molar-refractivity contribution >= 4 is 16.8 Å². The number of pyridine rings is 1. The predicted octanol–water partition coefficient (Wildman–Crippen LogP) is 3.57. The molecule has 0 fully saturated rings. The zero-order chi connectivity index (χ0) is 15.5. The average molecular weight is 290 g/mol. The molecular formula is C19H18N2O. The van der Waals surface area contributed by atoms with Gasteiger partial charge in [0.25, 0.3) is 0 Å². The maximum absolute atomic E-state index is 11.4. The lowest BCUT2D eigenvalue weighted by atomic mass is 9.95. The van der Waals surface area contributed by atoms with Gasteiger partial charge in [-0.25, -0.2) is 4.98 Å². The normalized spacial score (nSPS) is 12.2. The van der Waals surface area contributed by atoms with E-state index >= 15 is 0 Å². The van der Waals surface area contributed by atoms with Crippen LogP contribution < -0.4 is 5.73 Å². The van der Waals surface area contributed by atoms with Gasteiger partial charge in [0.15, 0.2) is 0 Å². The first-order valence-corrected chi connectivity index (χ1v) is 7.38. The van der Waals surface area contributed by atoms with Crippen molar-refractivity contribution < 1.29 is 4.79 Å². The number of primary amides is 1. The Bertz CT molecular complexity index is 812. The highest BCUT2D eigenvalue weighted by Gasteiger charge is 2.13. The lowest BCUT2D eigenvalue weighted by Crippen LogP contribution is -2.22. The molecule has 0 aliphatic rings. The number of hydrogen-bond donors (Lipinski definition) is 1. The maximum atomic E-state index is 11.4. The fourth-order valence-corrected chi connectivity index (χ4v) is 2.60. The van der Waals surface area contributed by atoms with Gasteiger partial charge in [-0.05, 0) is 24.1 Å². The molecule has 0 radical (unpaired) electrons. The van der Waals surface area contributed by atoms with Crippen LogP contribution in [0.25, 0.3) is 22.2 Å². The molecule has 22 heavy (non-hydrogen) atoms. The highest BCUT2D eigenvalue weighted by Crippen LogP contribution is 2.26. The Labute approximate surface area is 129 Å². The Kier molecular flexibility index (Phi) is 3.88. The van der Waals surface area contributed by atoms with Crippen LogP contribution in [0.3, 0.4) is 0 Å². The van der Waals surface area contributed by atoms with Crippen LogP contribution in [0, 0.1) is 5.92 Å². The summed E-state index contributed by atoms with van der Waals surface area (Å²) in [5.74, 6) is -0.475. The summed E-state index contributed by atoms with van der Waals surface area (Å²) >= 11 is 0. The van der Waals surface area contributed by atoms with Crippen LogP contribution in [0.1, 0.15) is 12.5 Å². The third-order valence-electron chi connectivity index (χ3n) is 3.88. The van der Waals surface area contributed by atoms with Crippen molar-refractivity contribution in [2.24, 2.45) is 11.7 Å². The number of carbonyl (C=O) groups excluding carboxylic acids is 1. The zero-order valence-corrected chi connectivity index (χ0v) is 12.5. The van der Waals surface area contributed by atoms with E-state index in [4.69, 9.17) is 10.7 Å². The second-order valence-corrected chi connectivity index (χ2v) is 5.56. The van der Waals surface area contributed by atoms with E-state index in [0.29, 0.717) is 6.42 Å². The van der Waals surface area contributed by atoms with Crippen molar-refractivity contribution in [3.05, 3.63) is 66.2 Å². The number of benzene rings is 2. The SMILES string of the molecule is CC(Cc1cc(-c2ccccc2)nc2ccccc12)C(N)=O. The number of amides is 1. The van der Waals surface area contributed by atoms with Gasteiger partial charge in [0.05, 0.1) is 11.2 Å². The van der Waals surface area contributed by atoms with Crippen LogP contribution in [-0.2, 0) is 11.2 Å². The number of rotatable bonds is 4. The number of para-hydroxylation sites is 1. The Morgan fingerprint density at radius 3 is 2.50 bits per heavy atom. The van der Waals surface area contributed by atoms with E-state index in [1.165, 1.54) is 0 Å². The minimum atomic E-state index is -0.276. The van der Waals surface area contributed by atoms with Gasteiger partial charge in [0.2, 0.25) is 5.91 Å². The third kappa shape index (κ3) is 2.84. The second kappa shape index (κ2) is 5.98. The summed E-state index contributed by atoms with van der Waals surface area (Å²) in [6.07, 6.45) is 0.623. The molecule has 0 aliphatic carbocycles. The number of nitrogens with two attached hydrogens (primary N) is 1. The quantitative estimate of drug-likeness (QED) is 0.798. The summed E-state index contributed by atoms with van der Waals surface area (Å²) in [4.78, 5) is 16.1. The van der Waals surface area contributed by atoms with Crippen LogP contribution in [0.15, 0.2) is 60.7 Å². The molecule has 1 heterocycles. The Balaban J connectivity index is 2.14. The topological polar surface area (TPSA) is 56.0 Å². The minimum absolute atomic E-state index is 0.200. The monoisotopic (exact) mass is 290 g/mol. The number of fused-ring (bicyclic) bond motifs is 1. The van der Waals surface area contributed by atoms with E-state index in [1.807, 2.05) is 61.5 Å².